The smallest absolute Gasteiger partial charge is 0.0627 e. The number of hydrogen-bond acceptors (Lipinski definition) is 1. The van der Waals surface area contributed by atoms with Crippen molar-refractivity contribution in [1.82, 2.24) is 0 Å². The zero-order chi connectivity index (χ0) is 7.47. The van der Waals surface area contributed by atoms with Crippen molar-refractivity contribution in [3.05, 3.63) is 0 Å². The highest BCUT2D eigenvalue weighted by molar-refractivity contribution is 5.10. The molecule has 4 unspecified atom stereocenters. The molecule has 11 heavy (non-hydrogen) atoms. The molecule has 3 saturated carbocycles. The van der Waals surface area contributed by atoms with Crippen LogP contribution in [0.4, 0.5) is 0 Å². The van der Waals surface area contributed by atoms with Gasteiger partial charge in [-0.1, -0.05) is 6.42 Å². The Balaban J connectivity index is 2.02. The summed E-state index contributed by atoms with van der Waals surface area (Å²) in [5, 5.41) is 9.99. The Morgan fingerprint density at radius 1 is 1.18 bits per heavy atom. The lowest BCUT2D eigenvalue weighted by molar-refractivity contribution is 0.0513. The second kappa shape index (κ2) is 1.82. The molecule has 62 valence electrons. The van der Waals surface area contributed by atoms with Crippen LogP contribution in [0.3, 0.4) is 0 Å². The molecule has 3 aliphatic rings. The second-order valence-electron chi connectivity index (χ2n) is 4.80. The zero-order valence-corrected chi connectivity index (χ0v) is 6.92. The van der Waals surface area contributed by atoms with Crippen molar-refractivity contribution in [2.75, 3.05) is 0 Å². The Kier molecular flexibility index (Phi) is 1.07. The van der Waals surface area contributed by atoms with Gasteiger partial charge in [-0.05, 0) is 49.4 Å². The van der Waals surface area contributed by atoms with Gasteiger partial charge in [0, 0.05) is 0 Å². The van der Waals surface area contributed by atoms with Crippen molar-refractivity contribution in [3.8, 4) is 0 Å². The Bertz CT molecular complexity index is 181. The van der Waals surface area contributed by atoms with Gasteiger partial charge in [-0.25, -0.2) is 0 Å². The summed E-state index contributed by atoms with van der Waals surface area (Å²) < 4.78 is 0. The van der Waals surface area contributed by atoms with Gasteiger partial charge >= 0.3 is 0 Å². The molecule has 2 bridgehead atoms. The first-order chi connectivity index (χ1) is 5.33. The van der Waals surface area contributed by atoms with E-state index in [1.165, 1.54) is 38.5 Å². The monoisotopic (exact) mass is 152 g/mol. The van der Waals surface area contributed by atoms with Gasteiger partial charge in [0.25, 0.3) is 0 Å². The molecule has 1 spiro atoms. The van der Waals surface area contributed by atoms with Crippen LogP contribution in [0.25, 0.3) is 0 Å². The Morgan fingerprint density at radius 3 is 2.82 bits per heavy atom. The van der Waals surface area contributed by atoms with E-state index in [2.05, 4.69) is 0 Å². The Hall–Kier alpha value is -0.0400. The second-order valence-corrected chi connectivity index (χ2v) is 4.80. The first kappa shape index (κ1) is 6.47. The molecule has 0 aliphatic heterocycles. The van der Waals surface area contributed by atoms with E-state index in [-0.39, 0.29) is 6.10 Å². The number of fused-ring (bicyclic) bond motifs is 1. The van der Waals surface area contributed by atoms with Crippen LogP contribution in [-0.2, 0) is 0 Å². The summed E-state index contributed by atoms with van der Waals surface area (Å²) in [6, 6.07) is 0. The lowest BCUT2D eigenvalue weighted by atomic mass is 9.77. The van der Waals surface area contributed by atoms with Crippen LogP contribution in [0.1, 0.15) is 38.5 Å². The van der Waals surface area contributed by atoms with Gasteiger partial charge in [-0.15, -0.1) is 0 Å². The summed E-state index contributed by atoms with van der Waals surface area (Å²) in [6.45, 7) is 0. The number of hydrogen-bond donors (Lipinski definition) is 1. The molecule has 3 aliphatic carbocycles. The first-order valence-electron chi connectivity index (χ1n) is 5.01. The van der Waals surface area contributed by atoms with E-state index in [1.807, 2.05) is 0 Å². The number of rotatable bonds is 0. The van der Waals surface area contributed by atoms with E-state index in [0.29, 0.717) is 11.3 Å². The summed E-state index contributed by atoms with van der Waals surface area (Å²) in [5.41, 5.74) is 0.435. The van der Waals surface area contributed by atoms with Gasteiger partial charge in [0.15, 0.2) is 0 Å². The van der Waals surface area contributed by atoms with Gasteiger partial charge < -0.3 is 5.11 Å². The minimum absolute atomic E-state index is 0.0926. The van der Waals surface area contributed by atoms with Crippen molar-refractivity contribution in [1.29, 1.82) is 0 Å². The minimum atomic E-state index is 0.0926. The van der Waals surface area contributed by atoms with Gasteiger partial charge in [-0.3, -0.25) is 0 Å². The van der Waals surface area contributed by atoms with Crippen molar-refractivity contribution in [3.63, 3.8) is 0 Å². The van der Waals surface area contributed by atoms with E-state index in [0.717, 1.165) is 5.92 Å². The fourth-order valence-corrected chi connectivity index (χ4v) is 4.08. The molecule has 0 amide bonds. The van der Waals surface area contributed by atoms with Crippen molar-refractivity contribution < 1.29 is 5.11 Å². The third-order valence-electron chi connectivity index (χ3n) is 4.61. The zero-order valence-electron chi connectivity index (χ0n) is 6.92. The van der Waals surface area contributed by atoms with Gasteiger partial charge in [-0.2, -0.15) is 0 Å². The lowest BCUT2D eigenvalue weighted by Crippen LogP contribution is -2.28. The largest absolute Gasteiger partial charge is 0.392 e. The average Bonchev–Trinajstić information content (AvgIpc) is 2.61. The third kappa shape index (κ3) is 0.581. The van der Waals surface area contributed by atoms with Crippen LogP contribution >= 0.6 is 0 Å². The number of aliphatic hydroxyl groups excluding tert-OH is 1. The molecule has 0 aromatic heterocycles. The number of aliphatic hydroxyl groups is 1. The molecule has 3 fully saturated rings. The normalized spacial score (nSPS) is 60.3. The third-order valence-corrected chi connectivity index (χ3v) is 4.61. The molecular formula is C10H16O. The molecule has 1 N–H and O–H groups in total. The molecule has 1 heteroatoms. The summed E-state index contributed by atoms with van der Waals surface area (Å²) in [4.78, 5) is 0. The van der Waals surface area contributed by atoms with Crippen LogP contribution in [0.2, 0.25) is 0 Å². The summed E-state index contributed by atoms with van der Waals surface area (Å²) >= 11 is 0. The predicted molar refractivity (Wildman–Crippen MR) is 43.1 cm³/mol. The maximum absolute atomic E-state index is 9.99. The predicted octanol–water partition coefficient (Wildman–Crippen LogP) is 1.95. The molecule has 0 aromatic rings. The maximum Gasteiger partial charge on any atom is 0.0627 e. The molecule has 4 atom stereocenters. The molecular weight excluding hydrogens is 136 g/mol. The molecule has 0 heterocycles. The summed E-state index contributed by atoms with van der Waals surface area (Å²) in [6.07, 6.45) is 8.22. The van der Waals surface area contributed by atoms with Crippen LogP contribution in [0, 0.1) is 17.3 Å². The molecule has 0 aromatic carbocycles. The van der Waals surface area contributed by atoms with Crippen molar-refractivity contribution >= 4 is 0 Å². The van der Waals surface area contributed by atoms with Crippen molar-refractivity contribution in [2.24, 2.45) is 17.3 Å². The molecule has 0 radical (unpaired) electrons. The standard InChI is InChI=1S/C10H16O/c11-9-7-3-5-10(9)4-1-2-8(10)6-7/h7-9,11H,1-6H2. The minimum Gasteiger partial charge on any atom is -0.392 e. The quantitative estimate of drug-likeness (QED) is 0.562. The van der Waals surface area contributed by atoms with E-state index in [4.69, 9.17) is 0 Å². The first-order valence-corrected chi connectivity index (χ1v) is 5.01. The van der Waals surface area contributed by atoms with Gasteiger partial charge in [0.1, 0.15) is 0 Å². The summed E-state index contributed by atoms with van der Waals surface area (Å²) in [5.74, 6) is 1.61. The van der Waals surface area contributed by atoms with E-state index >= 15 is 0 Å². The van der Waals surface area contributed by atoms with Crippen LogP contribution < -0.4 is 0 Å². The van der Waals surface area contributed by atoms with Crippen molar-refractivity contribution in [2.45, 2.75) is 44.6 Å². The molecule has 0 saturated heterocycles. The van der Waals surface area contributed by atoms with E-state index < -0.39 is 0 Å². The van der Waals surface area contributed by atoms with Gasteiger partial charge in [0.2, 0.25) is 0 Å². The fourth-order valence-electron chi connectivity index (χ4n) is 4.08. The van der Waals surface area contributed by atoms with E-state index in [9.17, 15) is 5.11 Å². The average molecular weight is 152 g/mol. The van der Waals surface area contributed by atoms with Gasteiger partial charge in [0.05, 0.1) is 6.10 Å². The highest BCUT2D eigenvalue weighted by atomic mass is 16.3. The summed E-state index contributed by atoms with van der Waals surface area (Å²) in [7, 11) is 0. The van der Waals surface area contributed by atoms with Crippen LogP contribution in [-0.4, -0.2) is 11.2 Å². The SMILES string of the molecule is OC1C2CCC13CCCC3C2. The Labute approximate surface area is 67.8 Å². The van der Waals surface area contributed by atoms with Crippen LogP contribution in [0.15, 0.2) is 0 Å². The Morgan fingerprint density at radius 2 is 2.09 bits per heavy atom. The van der Waals surface area contributed by atoms with Crippen LogP contribution in [0.5, 0.6) is 0 Å². The molecule has 3 rings (SSSR count). The lowest BCUT2D eigenvalue weighted by Gasteiger charge is -2.29. The highest BCUT2D eigenvalue weighted by Gasteiger charge is 2.60. The maximum atomic E-state index is 9.99. The molecule has 1 nitrogen and oxygen atoms in total. The fraction of sp³-hybridized carbons (Fsp3) is 1.00. The van der Waals surface area contributed by atoms with E-state index in [1.54, 1.807) is 0 Å². The highest BCUT2D eigenvalue weighted by Crippen LogP contribution is 2.64. The topological polar surface area (TPSA) is 20.2 Å².